The number of amides is 1. The number of thioether (sulfide) groups is 1. The van der Waals surface area contributed by atoms with Crippen LogP contribution >= 0.6 is 23.4 Å². The van der Waals surface area contributed by atoms with Gasteiger partial charge in [0.05, 0.1) is 36.6 Å². The fourth-order valence-corrected chi connectivity index (χ4v) is 5.05. The summed E-state index contributed by atoms with van der Waals surface area (Å²) >= 11 is 7.89. The SMILES string of the molecule is COc1ccc(OC)c(C2SCC(=O)Nc3c2c(C)nn3-c2cccc(Cl)c2C)c1. The van der Waals surface area contributed by atoms with E-state index < -0.39 is 0 Å². The molecule has 156 valence electrons. The number of hydrogen-bond donors (Lipinski definition) is 1. The molecule has 3 aromatic rings. The molecule has 1 N–H and O–H groups in total. The van der Waals surface area contributed by atoms with Crippen LogP contribution in [0.15, 0.2) is 36.4 Å². The molecule has 0 saturated carbocycles. The Hall–Kier alpha value is -2.64. The van der Waals surface area contributed by atoms with E-state index in [2.05, 4.69) is 5.32 Å². The van der Waals surface area contributed by atoms with Crippen molar-refractivity contribution in [3.63, 3.8) is 0 Å². The first-order chi connectivity index (χ1) is 14.4. The summed E-state index contributed by atoms with van der Waals surface area (Å²) in [6.45, 7) is 3.89. The zero-order valence-electron chi connectivity index (χ0n) is 17.2. The lowest BCUT2D eigenvalue weighted by Gasteiger charge is -2.19. The van der Waals surface area contributed by atoms with Gasteiger partial charge in [0, 0.05) is 16.1 Å². The lowest BCUT2D eigenvalue weighted by Crippen LogP contribution is -2.16. The maximum Gasteiger partial charge on any atom is 0.235 e. The molecular formula is C22H22ClN3O3S. The van der Waals surface area contributed by atoms with Crippen LogP contribution in [0.2, 0.25) is 5.02 Å². The van der Waals surface area contributed by atoms with Crippen molar-refractivity contribution in [3.05, 3.63) is 63.8 Å². The van der Waals surface area contributed by atoms with Crippen LogP contribution in [-0.4, -0.2) is 35.7 Å². The molecule has 0 radical (unpaired) electrons. The van der Waals surface area contributed by atoms with Gasteiger partial charge < -0.3 is 14.8 Å². The summed E-state index contributed by atoms with van der Waals surface area (Å²) in [5, 5.41) is 8.31. The van der Waals surface area contributed by atoms with Gasteiger partial charge in [0.15, 0.2) is 0 Å². The second kappa shape index (κ2) is 8.24. The van der Waals surface area contributed by atoms with Crippen LogP contribution in [0.25, 0.3) is 5.69 Å². The number of hydrogen-bond acceptors (Lipinski definition) is 5. The number of aryl methyl sites for hydroxylation is 1. The Labute approximate surface area is 184 Å². The molecule has 0 fully saturated rings. The molecule has 1 unspecified atom stereocenters. The maximum absolute atomic E-state index is 12.6. The number of rotatable bonds is 4. The molecule has 0 saturated heterocycles. The third kappa shape index (κ3) is 3.52. The van der Waals surface area contributed by atoms with Crippen molar-refractivity contribution in [1.29, 1.82) is 0 Å². The van der Waals surface area contributed by atoms with E-state index in [0.29, 0.717) is 16.6 Å². The minimum atomic E-state index is -0.155. The van der Waals surface area contributed by atoms with Crippen LogP contribution in [-0.2, 0) is 4.79 Å². The predicted molar refractivity (Wildman–Crippen MR) is 121 cm³/mol. The predicted octanol–water partition coefficient (Wildman–Crippen LogP) is 4.93. The molecule has 30 heavy (non-hydrogen) atoms. The summed E-state index contributed by atoms with van der Waals surface area (Å²) in [6, 6.07) is 11.4. The number of fused-ring (bicyclic) bond motifs is 1. The summed E-state index contributed by atoms with van der Waals surface area (Å²) < 4.78 is 12.8. The lowest BCUT2D eigenvalue weighted by atomic mass is 10.0. The summed E-state index contributed by atoms with van der Waals surface area (Å²) in [6.07, 6.45) is 0. The van der Waals surface area contributed by atoms with E-state index in [1.807, 2.05) is 50.2 Å². The van der Waals surface area contributed by atoms with Crippen molar-refractivity contribution in [3.8, 4) is 17.2 Å². The van der Waals surface area contributed by atoms with E-state index in [4.69, 9.17) is 26.2 Å². The Morgan fingerprint density at radius 3 is 2.73 bits per heavy atom. The third-order valence-electron chi connectivity index (χ3n) is 5.19. The first-order valence-corrected chi connectivity index (χ1v) is 10.9. The van der Waals surface area contributed by atoms with E-state index >= 15 is 0 Å². The zero-order valence-corrected chi connectivity index (χ0v) is 18.7. The molecule has 2 aromatic carbocycles. The van der Waals surface area contributed by atoms with Crippen LogP contribution < -0.4 is 14.8 Å². The molecule has 0 bridgehead atoms. The lowest BCUT2D eigenvalue weighted by molar-refractivity contribution is -0.113. The Morgan fingerprint density at radius 1 is 1.20 bits per heavy atom. The first-order valence-electron chi connectivity index (χ1n) is 9.43. The quantitative estimate of drug-likeness (QED) is 0.619. The normalized spacial score (nSPS) is 15.9. The third-order valence-corrected chi connectivity index (χ3v) is 6.86. The fraction of sp³-hybridized carbons (Fsp3) is 0.273. The topological polar surface area (TPSA) is 65.4 Å². The molecule has 1 aromatic heterocycles. The minimum Gasteiger partial charge on any atom is -0.497 e. The van der Waals surface area contributed by atoms with Gasteiger partial charge in [-0.15, -0.1) is 11.8 Å². The van der Waals surface area contributed by atoms with Gasteiger partial charge in [-0.2, -0.15) is 5.10 Å². The summed E-state index contributed by atoms with van der Waals surface area (Å²) in [5.41, 5.74) is 4.43. The number of nitrogens with one attached hydrogen (secondary N) is 1. The molecule has 1 amide bonds. The number of benzene rings is 2. The van der Waals surface area contributed by atoms with Gasteiger partial charge in [0.2, 0.25) is 5.91 Å². The van der Waals surface area contributed by atoms with Crippen LogP contribution in [0.1, 0.15) is 27.6 Å². The Balaban J connectivity index is 1.95. The van der Waals surface area contributed by atoms with Crippen molar-refractivity contribution < 1.29 is 14.3 Å². The maximum atomic E-state index is 12.6. The molecule has 8 heteroatoms. The van der Waals surface area contributed by atoms with Gasteiger partial charge >= 0.3 is 0 Å². The summed E-state index contributed by atoms with van der Waals surface area (Å²) in [7, 11) is 3.27. The van der Waals surface area contributed by atoms with Crippen LogP contribution in [0.5, 0.6) is 11.5 Å². The summed E-state index contributed by atoms with van der Waals surface area (Å²) in [5.74, 6) is 2.36. The molecule has 1 aliphatic rings. The second-order valence-corrected chi connectivity index (χ2v) is 8.49. The highest BCUT2D eigenvalue weighted by Crippen LogP contribution is 2.47. The van der Waals surface area contributed by atoms with Crippen molar-refractivity contribution in [2.24, 2.45) is 0 Å². The zero-order chi connectivity index (χ0) is 21.4. The standard InChI is InChI=1S/C22H22ClN3O3S/c1-12-16(23)6-5-7-17(12)26-22-20(13(2)25-26)21(30-11-19(27)24-22)15-10-14(28-3)8-9-18(15)29-4/h5-10,21H,11H2,1-4H3,(H,24,27). The van der Waals surface area contributed by atoms with Gasteiger partial charge in [-0.05, 0) is 49.7 Å². The van der Waals surface area contributed by atoms with Crippen molar-refractivity contribution in [2.75, 3.05) is 25.3 Å². The fourth-order valence-electron chi connectivity index (χ4n) is 3.67. The highest BCUT2D eigenvalue weighted by atomic mass is 35.5. The molecule has 4 rings (SSSR count). The first kappa shape index (κ1) is 20.6. The van der Waals surface area contributed by atoms with Gasteiger partial charge in [0.25, 0.3) is 0 Å². The highest BCUT2D eigenvalue weighted by Gasteiger charge is 2.32. The van der Waals surface area contributed by atoms with Crippen LogP contribution in [0.4, 0.5) is 5.82 Å². The summed E-state index contributed by atoms with van der Waals surface area (Å²) in [4.78, 5) is 12.6. The van der Waals surface area contributed by atoms with E-state index in [9.17, 15) is 4.79 Å². The largest absolute Gasteiger partial charge is 0.497 e. The highest BCUT2D eigenvalue weighted by molar-refractivity contribution is 8.00. The smallest absolute Gasteiger partial charge is 0.235 e. The number of aromatic nitrogens is 2. The molecule has 6 nitrogen and oxygen atoms in total. The van der Waals surface area contributed by atoms with E-state index in [1.54, 1.807) is 18.9 Å². The Kier molecular flexibility index (Phi) is 5.66. The number of carbonyl (C=O) groups excluding carboxylic acids is 1. The molecule has 1 aliphatic heterocycles. The Morgan fingerprint density at radius 2 is 2.00 bits per heavy atom. The number of halogens is 1. The molecule has 0 aliphatic carbocycles. The minimum absolute atomic E-state index is 0.0774. The number of ether oxygens (including phenoxy) is 2. The van der Waals surface area contributed by atoms with E-state index in [-0.39, 0.29) is 11.2 Å². The number of nitrogens with zero attached hydrogens (tertiary/aromatic N) is 2. The van der Waals surface area contributed by atoms with Gasteiger partial charge in [-0.3, -0.25) is 4.79 Å². The van der Waals surface area contributed by atoms with Crippen molar-refractivity contribution in [2.45, 2.75) is 19.1 Å². The van der Waals surface area contributed by atoms with Gasteiger partial charge in [-0.1, -0.05) is 17.7 Å². The van der Waals surface area contributed by atoms with Crippen LogP contribution in [0.3, 0.4) is 0 Å². The Bertz CT molecular complexity index is 1130. The number of carbonyl (C=O) groups is 1. The average molecular weight is 444 g/mol. The molecule has 0 spiro atoms. The second-order valence-electron chi connectivity index (χ2n) is 6.99. The van der Waals surface area contributed by atoms with E-state index in [1.165, 1.54) is 11.8 Å². The monoisotopic (exact) mass is 443 g/mol. The van der Waals surface area contributed by atoms with E-state index in [0.717, 1.165) is 39.6 Å². The van der Waals surface area contributed by atoms with Crippen molar-refractivity contribution in [1.82, 2.24) is 9.78 Å². The molecule has 2 heterocycles. The molecular weight excluding hydrogens is 422 g/mol. The average Bonchev–Trinajstić information content (AvgIpc) is 2.94. The van der Waals surface area contributed by atoms with Gasteiger partial charge in [-0.25, -0.2) is 4.68 Å². The van der Waals surface area contributed by atoms with Gasteiger partial charge in [0.1, 0.15) is 17.3 Å². The number of anilines is 1. The van der Waals surface area contributed by atoms with Crippen LogP contribution in [0, 0.1) is 13.8 Å². The molecule has 1 atom stereocenters. The van der Waals surface area contributed by atoms with Crippen molar-refractivity contribution >= 4 is 35.1 Å². The number of methoxy groups -OCH3 is 2.